The van der Waals surface area contributed by atoms with Crippen molar-refractivity contribution < 1.29 is 13.0 Å². The first kappa shape index (κ1) is 13.6. The smallest absolute Gasteiger partial charge is 0.294 e. The Balaban J connectivity index is 2.44. The highest BCUT2D eigenvalue weighted by atomic mass is 32.2. The maximum Gasteiger partial charge on any atom is 0.294 e. The summed E-state index contributed by atoms with van der Waals surface area (Å²) < 4.78 is 31.8. The van der Waals surface area contributed by atoms with Gasteiger partial charge in [0.15, 0.2) is 0 Å². The summed E-state index contributed by atoms with van der Waals surface area (Å²) in [5.74, 6) is 0. The lowest BCUT2D eigenvalue weighted by Gasteiger charge is -2.09. The average molecular weight is 277 g/mol. The Morgan fingerprint density at radius 1 is 1.11 bits per heavy atom. The summed E-state index contributed by atoms with van der Waals surface area (Å²) in [6, 6.07) is 12.0. The molecule has 0 bridgehead atoms. The van der Waals surface area contributed by atoms with Crippen LogP contribution in [-0.4, -0.2) is 13.0 Å². The topological polar surface area (TPSA) is 80.4 Å². The van der Waals surface area contributed by atoms with Crippen LogP contribution in [0.3, 0.4) is 0 Å². The second-order valence-corrected chi connectivity index (χ2v) is 5.85. The van der Waals surface area contributed by atoms with Crippen LogP contribution in [-0.2, 0) is 16.5 Å². The normalized spacial score (nSPS) is 11.5. The van der Waals surface area contributed by atoms with E-state index in [1.54, 1.807) is 18.2 Å². The van der Waals surface area contributed by atoms with Gasteiger partial charge in [-0.1, -0.05) is 30.3 Å². The van der Waals surface area contributed by atoms with Crippen LogP contribution in [0, 0.1) is 6.92 Å². The summed E-state index contributed by atoms with van der Waals surface area (Å²) in [5.41, 5.74) is 8.94. The van der Waals surface area contributed by atoms with E-state index in [-0.39, 0.29) is 4.90 Å². The molecule has 0 heterocycles. The third-order valence-electron chi connectivity index (χ3n) is 2.93. The molecule has 100 valence electrons. The average Bonchev–Trinajstić information content (AvgIpc) is 2.32. The Morgan fingerprint density at radius 2 is 1.79 bits per heavy atom. The molecule has 3 N–H and O–H groups in total. The van der Waals surface area contributed by atoms with Crippen molar-refractivity contribution in [2.75, 3.05) is 5.73 Å². The van der Waals surface area contributed by atoms with Crippen LogP contribution in [0.4, 0.5) is 5.69 Å². The summed E-state index contributed by atoms with van der Waals surface area (Å²) in [6.45, 7) is 1.94. The van der Waals surface area contributed by atoms with Crippen molar-refractivity contribution in [1.29, 1.82) is 0 Å². The molecular weight excluding hydrogens is 262 g/mol. The van der Waals surface area contributed by atoms with E-state index in [0.29, 0.717) is 17.7 Å². The van der Waals surface area contributed by atoms with E-state index in [4.69, 9.17) is 5.73 Å². The quantitative estimate of drug-likeness (QED) is 0.667. The minimum absolute atomic E-state index is 0.0741. The predicted molar refractivity (Wildman–Crippen MR) is 74.7 cm³/mol. The molecule has 19 heavy (non-hydrogen) atoms. The third kappa shape index (κ3) is 3.13. The lowest BCUT2D eigenvalue weighted by Crippen LogP contribution is -2.04. The predicted octanol–water partition coefficient (Wildman–Crippen LogP) is 2.41. The Kier molecular flexibility index (Phi) is 3.59. The highest BCUT2D eigenvalue weighted by molar-refractivity contribution is 7.85. The summed E-state index contributed by atoms with van der Waals surface area (Å²) in [6.07, 6.45) is 0.363. The van der Waals surface area contributed by atoms with E-state index in [0.717, 1.165) is 11.1 Å². The summed E-state index contributed by atoms with van der Waals surface area (Å²) >= 11 is 0. The maximum atomic E-state index is 11.3. The highest BCUT2D eigenvalue weighted by Crippen LogP contribution is 2.22. The molecule has 4 nitrogen and oxygen atoms in total. The standard InChI is InChI=1S/C14H15NO3S/c1-10-6-7-11(13(15)8-10)9-12-4-2-3-5-14(12)19(16,17)18/h2-8H,9,15H2,1H3,(H,16,17,18). The maximum absolute atomic E-state index is 11.3. The molecule has 0 fully saturated rings. The number of nitrogens with two attached hydrogens (primary N) is 1. The van der Waals surface area contributed by atoms with Crippen molar-refractivity contribution in [2.24, 2.45) is 0 Å². The monoisotopic (exact) mass is 277 g/mol. The molecule has 0 amide bonds. The zero-order valence-electron chi connectivity index (χ0n) is 10.5. The van der Waals surface area contributed by atoms with Crippen LogP contribution in [0.2, 0.25) is 0 Å². The summed E-state index contributed by atoms with van der Waals surface area (Å²) in [7, 11) is -4.22. The molecule has 2 rings (SSSR count). The van der Waals surface area contributed by atoms with Gasteiger partial charge in [0.05, 0.1) is 4.90 Å². The van der Waals surface area contributed by atoms with Crippen LogP contribution in [0.15, 0.2) is 47.4 Å². The van der Waals surface area contributed by atoms with Gasteiger partial charge in [-0.15, -0.1) is 0 Å². The van der Waals surface area contributed by atoms with Crippen molar-refractivity contribution in [2.45, 2.75) is 18.2 Å². The highest BCUT2D eigenvalue weighted by Gasteiger charge is 2.15. The van der Waals surface area contributed by atoms with Crippen LogP contribution >= 0.6 is 0 Å². The number of aryl methyl sites for hydroxylation is 1. The second kappa shape index (κ2) is 5.03. The van der Waals surface area contributed by atoms with Crippen LogP contribution in [0.1, 0.15) is 16.7 Å². The fraction of sp³-hybridized carbons (Fsp3) is 0.143. The summed E-state index contributed by atoms with van der Waals surface area (Å²) in [5, 5.41) is 0. The Bertz CT molecular complexity index is 708. The van der Waals surface area contributed by atoms with Crippen molar-refractivity contribution >= 4 is 15.8 Å². The van der Waals surface area contributed by atoms with E-state index in [1.165, 1.54) is 6.07 Å². The van der Waals surface area contributed by atoms with Gasteiger partial charge in [-0.3, -0.25) is 4.55 Å². The summed E-state index contributed by atoms with van der Waals surface area (Å²) in [4.78, 5) is -0.0741. The fourth-order valence-corrected chi connectivity index (χ4v) is 2.70. The molecule has 2 aromatic carbocycles. The molecule has 5 heteroatoms. The van der Waals surface area contributed by atoms with Gasteiger partial charge in [0, 0.05) is 12.1 Å². The molecule has 0 radical (unpaired) electrons. The van der Waals surface area contributed by atoms with Gasteiger partial charge in [0.1, 0.15) is 0 Å². The van der Waals surface area contributed by atoms with Gasteiger partial charge < -0.3 is 5.73 Å². The lowest BCUT2D eigenvalue weighted by molar-refractivity contribution is 0.482. The van der Waals surface area contributed by atoms with Gasteiger partial charge in [0.25, 0.3) is 10.1 Å². The van der Waals surface area contributed by atoms with Crippen molar-refractivity contribution in [3.63, 3.8) is 0 Å². The lowest BCUT2D eigenvalue weighted by atomic mass is 10.0. The zero-order chi connectivity index (χ0) is 14.0. The van der Waals surface area contributed by atoms with Gasteiger partial charge in [-0.2, -0.15) is 8.42 Å². The minimum atomic E-state index is -4.22. The molecule has 0 atom stereocenters. The largest absolute Gasteiger partial charge is 0.398 e. The Hall–Kier alpha value is -1.85. The number of anilines is 1. The number of benzene rings is 2. The molecule has 0 aliphatic carbocycles. The number of hydrogen-bond donors (Lipinski definition) is 2. The molecule has 0 unspecified atom stereocenters. The van der Waals surface area contributed by atoms with Crippen molar-refractivity contribution in [3.8, 4) is 0 Å². The third-order valence-corrected chi connectivity index (χ3v) is 3.89. The molecule has 0 saturated carbocycles. The SMILES string of the molecule is Cc1ccc(Cc2ccccc2S(=O)(=O)O)c(N)c1. The molecule has 0 aliphatic heterocycles. The van der Waals surface area contributed by atoms with Crippen LogP contribution in [0.5, 0.6) is 0 Å². The molecular formula is C14H15NO3S. The van der Waals surface area contributed by atoms with Gasteiger partial charge in [0.2, 0.25) is 0 Å². The first-order chi connectivity index (χ1) is 8.88. The molecule has 0 aromatic heterocycles. The number of rotatable bonds is 3. The van der Waals surface area contributed by atoms with Gasteiger partial charge in [-0.25, -0.2) is 0 Å². The van der Waals surface area contributed by atoms with E-state index in [9.17, 15) is 13.0 Å². The van der Waals surface area contributed by atoms with Crippen molar-refractivity contribution in [1.82, 2.24) is 0 Å². The van der Waals surface area contributed by atoms with E-state index in [1.807, 2.05) is 25.1 Å². The molecule has 2 aromatic rings. The molecule has 0 saturated heterocycles. The number of nitrogen functional groups attached to an aromatic ring is 1. The first-order valence-electron chi connectivity index (χ1n) is 5.78. The van der Waals surface area contributed by atoms with Crippen LogP contribution < -0.4 is 5.73 Å². The minimum Gasteiger partial charge on any atom is -0.398 e. The van der Waals surface area contributed by atoms with E-state index in [2.05, 4.69) is 0 Å². The van der Waals surface area contributed by atoms with E-state index >= 15 is 0 Å². The molecule has 0 spiro atoms. The molecule has 0 aliphatic rings. The second-order valence-electron chi connectivity index (χ2n) is 4.46. The number of hydrogen-bond acceptors (Lipinski definition) is 3. The first-order valence-corrected chi connectivity index (χ1v) is 7.22. The zero-order valence-corrected chi connectivity index (χ0v) is 11.3. The van der Waals surface area contributed by atoms with Crippen LogP contribution in [0.25, 0.3) is 0 Å². The van der Waals surface area contributed by atoms with E-state index < -0.39 is 10.1 Å². The Labute approximate surface area is 112 Å². The Morgan fingerprint density at radius 3 is 2.42 bits per heavy atom. The fourth-order valence-electron chi connectivity index (χ4n) is 1.98. The van der Waals surface area contributed by atoms with Gasteiger partial charge >= 0.3 is 0 Å². The van der Waals surface area contributed by atoms with Crippen molar-refractivity contribution in [3.05, 3.63) is 59.2 Å². The van der Waals surface area contributed by atoms with Gasteiger partial charge in [-0.05, 0) is 35.7 Å².